The van der Waals surface area contributed by atoms with Gasteiger partial charge in [-0.05, 0) is 59.8 Å². The first-order chi connectivity index (χ1) is 8.56. The van der Waals surface area contributed by atoms with Crippen molar-refractivity contribution in [3.63, 3.8) is 0 Å². The molecular formula is C13H12F2INO. The number of halogens is 3. The number of hydrogen-bond acceptors (Lipinski definition) is 2. The molecule has 2 nitrogen and oxygen atoms in total. The lowest BCUT2D eigenvalue weighted by Gasteiger charge is -2.14. The van der Waals surface area contributed by atoms with Crippen LogP contribution in [-0.2, 0) is 6.54 Å². The summed E-state index contributed by atoms with van der Waals surface area (Å²) in [6.45, 7) is 2.26. The van der Waals surface area contributed by atoms with Gasteiger partial charge in [-0.25, -0.2) is 8.78 Å². The summed E-state index contributed by atoms with van der Waals surface area (Å²) in [5.41, 5.74) is 0.316. The van der Waals surface area contributed by atoms with Gasteiger partial charge in [-0.3, -0.25) is 0 Å². The van der Waals surface area contributed by atoms with Gasteiger partial charge < -0.3 is 9.73 Å². The molecule has 0 spiro atoms. The Kier molecular flexibility index (Phi) is 4.34. The molecular weight excluding hydrogens is 351 g/mol. The zero-order chi connectivity index (χ0) is 13.1. The van der Waals surface area contributed by atoms with E-state index < -0.39 is 11.6 Å². The Morgan fingerprint density at radius 1 is 1.28 bits per heavy atom. The second kappa shape index (κ2) is 5.79. The van der Waals surface area contributed by atoms with E-state index in [9.17, 15) is 8.78 Å². The van der Waals surface area contributed by atoms with Gasteiger partial charge in [0.25, 0.3) is 0 Å². The maximum Gasteiger partial charge on any atom is 0.164 e. The van der Waals surface area contributed by atoms with Crippen molar-refractivity contribution in [1.29, 1.82) is 0 Å². The van der Waals surface area contributed by atoms with Crippen molar-refractivity contribution in [2.75, 3.05) is 0 Å². The summed E-state index contributed by atoms with van der Waals surface area (Å²) < 4.78 is 32.8. The Labute approximate surface area is 118 Å². The van der Waals surface area contributed by atoms with Crippen molar-refractivity contribution in [1.82, 2.24) is 5.32 Å². The zero-order valence-corrected chi connectivity index (χ0v) is 11.9. The Bertz CT molecular complexity index is 542. The van der Waals surface area contributed by atoms with Crippen LogP contribution in [0.15, 0.2) is 34.7 Å². The topological polar surface area (TPSA) is 25.2 Å². The molecule has 0 fully saturated rings. The maximum absolute atomic E-state index is 13.5. The molecule has 0 saturated carbocycles. The van der Waals surface area contributed by atoms with Crippen molar-refractivity contribution in [2.45, 2.75) is 19.5 Å². The molecule has 0 amide bonds. The molecule has 1 N–H and O–H groups in total. The van der Waals surface area contributed by atoms with E-state index in [1.165, 1.54) is 6.07 Å². The third-order valence-electron chi connectivity index (χ3n) is 2.64. The van der Waals surface area contributed by atoms with E-state index in [0.29, 0.717) is 12.1 Å². The van der Waals surface area contributed by atoms with E-state index in [1.807, 2.05) is 12.1 Å². The minimum absolute atomic E-state index is 0.288. The molecule has 1 aromatic heterocycles. The van der Waals surface area contributed by atoms with Gasteiger partial charge in [-0.1, -0.05) is 0 Å². The molecule has 0 saturated heterocycles. The molecule has 0 bridgehead atoms. The molecule has 0 aliphatic carbocycles. The van der Waals surface area contributed by atoms with E-state index in [1.54, 1.807) is 6.92 Å². The minimum atomic E-state index is -0.437. The van der Waals surface area contributed by atoms with Crippen LogP contribution in [0.25, 0.3) is 0 Å². The van der Waals surface area contributed by atoms with Gasteiger partial charge in [0.05, 0.1) is 6.54 Å². The predicted molar refractivity (Wildman–Crippen MR) is 73.0 cm³/mol. The molecule has 1 heterocycles. The largest absolute Gasteiger partial charge is 0.454 e. The van der Waals surface area contributed by atoms with E-state index in [4.69, 9.17) is 4.42 Å². The summed E-state index contributed by atoms with van der Waals surface area (Å²) in [5, 5.41) is 3.09. The number of benzene rings is 1. The first-order valence-electron chi connectivity index (χ1n) is 5.49. The highest BCUT2D eigenvalue weighted by Gasteiger charge is 2.12. The summed E-state index contributed by atoms with van der Waals surface area (Å²) in [7, 11) is 0. The van der Waals surface area contributed by atoms with Crippen LogP contribution in [0.4, 0.5) is 8.78 Å². The summed E-state index contributed by atoms with van der Waals surface area (Å²) >= 11 is 2.07. The van der Waals surface area contributed by atoms with Crippen molar-refractivity contribution >= 4 is 22.6 Å². The Balaban J connectivity index is 2.03. The van der Waals surface area contributed by atoms with E-state index in [2.05, 4.69) is 27.9 Å². The van der Waals surface area contributed by atoms with Crippen LogP contribution >= 0.6 is 22.6 Å². The van der Waals surface area contributed by atoms with Gasteiger partial charge in [0.15, 0.2) is 3.77 Å². The number of furan rings is 1. The summed E-state index contributed by atoms with van der Waals surface area (Å²) in [6.07, 6.45) is 0. The molecule has 18 heavy (non-hydrogen) atoms. The Morgan fingerprint density at radius 2 is 2.06 bits per heavy atom. The molecule has 2 aromatic rings. The SMILES string of the molecule is CC(NCc1ccc(I)o1)c1cc(F)ccc1F. The minimum Gasteiger partial charge on any atom is -0.454 e. The zero-order valence-electron chi connectivity index (χ0n) is 9.71. The third kappa shape index (κ3) is 3.29. The van der Waals surface area contributed by atoms with Crippen LogP contribution in [0.3, 0.4) is 0 Å². The highest BCUT2D eigenvalue weighted by atomic mass is 127. The van der Waals surface area contributed by atoms with E-state index in [0.717, 1.165) is 21.7 Å². The first-order valence-corrected chi connectivity index (χ1v) is 6.56. The quantitative estimate of drug-likeness (QED) is 0.831. The van der Waals surface area contributed by atoms with E-state index >= 15 is 0 Å². The summed E-state index contributed by atoms with van der Waals surface area (Å²) in [6, 6.07) is 6.87. The first kappa shape index (κ1) is 13.5. The van der Waals surface area contributed by atoms with Gasteiger partial charge in [-0.15, -0.1) is 0 Å². The molecule has 0 aliphatic heterocycles. The van der Waals surface area contributed by atoms with Crippen molar-refractivity contribution < 1.29 is 13.2 Å². The van der Waals surface area contributed by atoms with Gasteiger partial charge in [0.1, 0.15) is 17.4 Å². The standard InChI is InChI=1S/C13H12F2INO/c1-8(11-6-9(14)2-4-12(11)15)17-7-10-3-5-13(16)18-10/h2-6,8,17H,7H2,1H3. The van der Waals surface area contributed by atoms with Gasteiger partial charge in [0.2, 0.25) is 0 Å². The highest BCUT2D eigenvalue weighted by Crippen LogP contribution is 2.19. The average molecular weight is 363 g/mol. The second-order valence-corrected chi connectivity index (χ2v) is 5.04. The number of rotatable bonds is 4. The molecule has 0 radical (unpaired) electrons. The van der Waals surface area contributed by atoms with Gasteiger partial charge >= 0.3 is 0 Å². The fourth-order valence-electron chi connectivity index (χ4n) is 1.66. The van der Waals surface area contributed by atoms with Crippen LogP contribution in [0, 0.1) is 15.4 Å². The predicted octanol–water partition coefficient (Wildman–Crippen LogP) is 4.01. The Morgan fingerprint density at radius 3 is 2.72 bits per heavy atom. The van der Waals surface area contributed by atoms with Crippen LogP contribution in [-0.4, -0.2) is 0 Å². The smallest absolute Gasteiger partial charge is 0.164 e. The highest BCUT2D eigenvalue weighted by molar-refractivity contribution is 14.1. The summed E-state index contributed by atoms with van der Waals surface area (Å²) in [5.74, 6) is -0.0823. The monoisotopic (exact) mass is 363 g/mol. The van der Waals surface area contributed by atoms with Crippen LogP contribution in [0.1, 0.15) is 24.3 Å². The molecule has 96 valence electrons. The van der Waals surface area contributed by atoms with Gasteiger partial charge in [0, 0.05) is 11.6 Å². The van der Waals surface area contributed by atoms with Crippen molar-refractivity contribution in [3.8, 4) is 0 Å². The lowest BCUT2D eigenvalue weighted by Crippen LogP contribution is -2.19. The lowest BCUT2D eigenvalue weighted by molar-refractivity contribution is 0.438. The van der Waals surface area contributed by atoms with Gasteiger partial charge in [-0.2, -0.15) is 0 Å². The van der Waals surface area contributed by atoms with Crippen LogP contribution in [0.5, 0.6) is 0 Å². The molecule has 1 atom stereocenters. The average Bonchev–Trinajstić information content (AvgIpc) is 2.75. The van der Waals surface area contributed by atoms with Crippen LogP contribution < -0.4 is 5.32 Å². The van der Waals surface area contributed by atoms with Crippen molar-refractivity contribution in [3.05, 3.63) is 57.1 Å². The normalized spacial score (nSPS) is 12.7. The fraction of sp³-hybridized carbons (Fsp3) is 0.231. The number of nitrogens with one attached hydrogen (secondary N) is 1. The lowest BCUT2D eigenvalue weighted by atomic mass is 10.1. The molecule has 5 heteroatoms. The molecule has 0 aliphatic rings. The number of hydrogen-bond donors (Lipinski definition) is 1. The molecule has 1 unspecified atom stereocenters. The van der Waals surface area contributed by atoms with Crippen molar-refractivity contribution in [2.24, 2.45) is 0 Å². The summed E-state index contributed by atoms with van der Waals surface area (Å²) in [4.78, 5) is 0. The Hall–Kier alpha value is -0.950. The van der Waals surface area contributed by atoms with E-state index in [-0.39, 0.29) is 6.04 Å². The van der Waals surface area contributed by atoms with Crippen LogP contribution in [0.2, 0.25) is 0 Å². The second-order valence-electron chi connectivity index (χ2n) is 3.97. The maximum atomic E-state index is 13.5. The fourth-order valence-corrected chi connectivity index (χ4v) is 2.12. The molecule has 1 aromatic carbocycles. The third-order valence-corrected chi connectivity index (χ3v) is 3.22. The molecule has 2 rings (SSSR count).